The minimum Gasteiger partial charge on any atom is -0.478 e. The molecule has 1 heterocycles. The molecule has 0 saturated heterocycles. The Morgan fingerprint density at radius 3 is 2.81 bits per heavy atom. The maximum absolute atomic E-state index is 12.6. The van der Waals surface area contributed by atoms with Crippen LogP contribution in [0.2, 0.25) is 0 Å². The van der Waals surface area contributed by atoms with E-state index in [1.165, 1.54) is 12.3 Å². The van der Waals surface area contributed by atoms with Crippen molar-refractivity contribution in [2.45, 2.75) is 19.9 Å². The van der Waals surface area contributed by atoms with Crippen molar-refractivity contribution in [3.05, 3.63) is 35.7 Å². The van der Waals surface area contributed by atoms with Gasteiger partial charge in [-0.3, -0.25) is 9.78 Å². The van der Waals surface area contributed by atoms with Gasteiger partial charge in [0.15, 0.2) is 0 Å². The second-order valence-corrected chi connectivity index (χ2v) is 4.51. The number of aromatic nitrogens is 1. The smallest absolute Gasteiger partial charge is 0.328 e. The number of carbonyl (C=O) groups is 2. The molecule has 1 aromatic heterocycles. The molecular formula is C15H20N2O4. The fourth-order valence-corrected chi connectivity index (χ4v) is 2.01. The van der Waals surface area contributed by atoms with Crippen LogP contribution >= 0.6 is 0 Å². The third kappa shape index (κ3) is 4.68. The van der Waals surface area contributed by atoms with E-state index in [1.54, 1.807) is 24.1 Å². The van der Waals surface area contributed by atoms with Crippen molar-refractivity contribution in [3.63, 3.8) is 0 Å². The van der Waals surface area contributed by atoms with E-state index in [9.17, 15) is 9.59 Å². The van der Waals surface area contributed by atoms with Crippen LogP contribution in [0.5, 0.6) is 0 Å². The van der Waals surface area contributed by atoms with Crippen molar-refractivity contribution in [1.82, 2.24) is 9.88 Å². The summed E-state index contributed by atoms with van der Waals surface area (Å²) in [5.41, 5.74) is 0.716. The number of hydrogen-bond donors (Lipinski definition) is 1. The van der Waals surface area contributed by atoms with Gasteiger partial charge in [-0.2, -0.15) is 0 Å². The summed E-state index contributed by atoms with van der Waals surface area (Å²) in [7, 11) is 1.58. The van der Waals surface area contributed by atoms with Crippen LogP contribution in [-0.2, 0) is 9.53 Å². The number of pyridine rings is 1. The molecule has 6 heteroatoms. The normalized spacial score (nSPS) is 12.3. The van der Waals surface area contributed by atoms with E-state index >= 15 is 0 Å². The SMILES string of the molecule is CCN(C(=O)c1ncccc1/C=C/C(=O)O)C(C)COC. The second kappa shape index (κ2) is 8.16. The lowest BCUT2D eigenvalue weighted by molar-refractivity contribution is -0.131. The molecule has 0 aromatic carbocycles. The number of carboxylic acids is 1. The number of carbonyl (C=O) groups excluding carboxylic acids is 1. The Hall–Kier alpha value is -2.21. The Labute approximate surface area is 124 Å². The average Bonchev–Trinajstić information content (AvgIpc) is 2.46. The molecule has 0 fully saturated rings. The first kappa shape index (κ1) is 16.8. The Morgan fingerprint density at radius 2 is 2.24 bits per heavy atom. The number of aliphatic carboxylic acids is 1. The van der Waals surface area contributed by atoms with E-state index < -0.39 is 5.97 Å². The molecule has 1 aromatic rings. The summed E-state index contributed by atoms with van der Waals surface area (Å²) in [5, 5.41) is 8.70. The van der Waals surface area contributed by atoms with Crippen LogP contribution in [0.4, 0.5) is 0 Å². The number of likely N-dealkylation sites (N-methyl/N-ethyl adjacent to an activating group) is 1. The molecule has 0 radical (unpaired) electrons. The fraction of sp³-hybridized carbons (Fsp3) is 0.400. The lowest BCUT2D eigenvalue weighted by Gasteiger charge is -2.27. The molecule has 0 aliphatic carbocycles. The van der Waals surface area contributed by atoms with E-state index in [0.717, 1.165) is 6.08 Å². The Bertz CT molecular complexity index is 528. The van der Waals surface area contributed by atoms with Crippen LogP contribution < -0.4 is 0 Å². The first-order valence-electron chi connectivity index (χ1n) is 6.67. The zero-order valence-corrected chi connectivity index (χ0v) is 12.4. The first-order valence-corrected chi connectivity index (χ1v) is 6.67. The van der Waals surface area contributed by atoms with Crippen LogP contribution in [0.3, 0.4) is 0 Å². The van der Waals surface area contributed by atoms with Gasteiger partial charge in [-0.25, -0.2) is 4.79 Å². The largest absolute Gasteiger partial charge is 0.478 e. The summed E-state index contributed by atoms with van der Waals surface area (Å²) in [6.07, 6.45) is 3.88. The maximum Gasteiger partial charge on any atom is 0.328 e. The van der Waals surface area contributed by atoms with Crippen molar-refractivity contribution in [1.29, 1.82) is 0 Å². The average molecular weight is 292 g/mol. The molecule has 6 nitrogen and oxygen atoms in total. The number of rotatable bonds is 7. The van der Waals surface area contributed by atoms with Crippen molar-refractivity contribution in [2.24, 2.45) is 0 Å². The highest BCUT2D eigenvalue weighted by atomic mass is 16.5. The molecule has 1 atom stereocenters. The number of carboxylic acid groups (broad SMARTS) is 1. The number of ether oxygens (including phenoxy) is 1. The molecule has 1 rings (SSSR count). The number of amides is 1. The van der Waals surface area contributed by atoms with Crippen LogP contribution in [0.25, 0.3) is 6.08 Å². The highest BCUT2D eigenvalue weighted by molar-refractivity contribution is 5.97. The molecule has 1 amide bonds. The van der Waals surface area contributed by atoms with Gasteiger partial charge in [-0.05, 0) is 26.0 Å². The fourth-order valence-electron chi connectivity index (χ4n) is 2.01. The summed E-state index contributed by atoms with van der Waals surface area (Å²) in [6.45, 7) is 4.70. The van der Waals surface area contributed by atoms with Crippen molar-refractivity contribution < 1.29 is 19.4 Å². The minimum atomic E-state index is -1.07. The zero-order valence-electron chi connectivity index (χ0n) is 12.4. The van der Waals surface area contributed by atoms with Crippen LogP contribution in [-0.4, -0.2) is 53.2 Å². The molecule has 1 unspecified atom stereocenters. The molecule has 0 bridgehead atoms. The standard InChI is InChI=1S/C15H20N2O4/c1-4-17(11(2)10-21-3)15(20)14-12(6-5-9-16-14)7-8-13(18)19/h5-9,11H,4,10H2,1-3H3,(H,18,19)/b8-7+. The van der Waals surface area contributed by atoms with Gasteiger partial charge in [0.1, 0.15) is 5.69 Å². The molecule has 0 aliphatic rings. The molecule has 114 valence electrons. The molecule has 21 heavy (non-hydrogen) atoms. The van der Waals surface area contributed by atoms with Crippen molar-refractivity contribution >= 4 is 18.0 Å². The van der Waals surface area contributed by atoms with Crippen LogP contribution in [0.15, 0.2) is 24.4 Å². The molecule has 0 spiro atoms. The summed E-state index contributed by atoms with van der Waals surface area (Å²) >= 11 is 0. The predicted molar refractivity (Wildman–Crippen MR) is 79.0 cm³/mol. The van der Waals surface area contributed by atoms with Crippen LogP contribution in [0.1, 0.15) is 29.9 Å². The third-order valence-corrected chi connectivity index (χ3v) is 2.99. The molecular weight excluding hydrogens is 272 g/mol. The number of methoxy groups -OCH3 is 1. The van der Waals surface area contributed by atoms with Gasteiger partial charge >= 0.3 is 5.97 Å². The van der Waals surface area contributed by atoms with Gasteiger partial charge in [0.05, 0.1) is 12.6 Å². The topological polar surface area (TPSA) is 79.7 Å². The van der Waals surface area contributed by atoms with E-state index in [0.29, 0.717) is 18.7 Å². The van der Waals surface area contributed by atoms with Gasteiger partial charge in [0.25, 0.3) is 5.91 Å². The number of nitrogens with zero attached hydrogens (tertiary/aromatic N) is 2. The van der Waals surface area contributed by atoms with Gasteiger partial charge in [0, 0.05) is 31.5 Å². The summed E-state index contributed by atoms with van der Waals surface area (Å²) < 4.78 is 5.08. The second-order valence-electron chi connectivity index (χ2n) is 4.51. The van der Waals surface area contributed by atoms with Gasteiger partial charge in [-0.1, -0.05) is 6.07 Å². The van der Waals surface area contributed by atoms with Crippen molar-refractivity contribution in [2.75, 3.05) is 20.3 Å². The minimum absolute atomic E-state index is 0.0918. The van der Waals surface area contributed by atoms with Crippen LogP contribution in [0, 0.1) is 0 Å². The summed E-state index contributed by atoms with van der Waals surface area (Å²) in [6, 6.07) is 3.23. The van der Waals surface area contributed by atoms with E-state index in [4.69, 9.17) is 9.84 Å². The Kier molecular flexibility index (Phi) is 6.55. The number of hydrogen-bond acceptors (Lipinski definition) is 4. The Morgan fingerprint density at radius 1 is 1.52 bits per heavy atom. The molecule has 0 saturated carbocycles. The van der Waals surface area contributed by atoms with E-state index in [1.807, 2.05) is 13.8 Å². The predicted octanol–water partition coefficient (Wildman–Crippen LogP) is 1.68. The third-order valence-electron chi connectivity index (χ3n) is 2.99. The van der Waals surface area contributed by atoms with Crippen molar-refractivity contribution in [3.8, 4) is 0 Å². The zero-order chi connectivity index (χ0) is 15.8. The highest BCUT2D eigenvalue weighted by Gasteiger charge is 2.22. The summed E-state index contributed by atoms with van der Waals surface area (Å²) in [5.74, 6) is -1.31. The quantitative estimate of drug-likeness (QED) is 0.773. The summed E-state index contributed by atoms with van der Waals surface area (Å²) in [4.78, 5) is 28.9. The monoisotopic (exact) mass is 292 g/mol. The van der Waals surface area contributed by atoms with E-state index in [2.05, 4.69) is 4.98 Å². The van der Waals surface area contributed by atoms with E-state index in [-0.39, 0.29) is 17.6 Å². The van der Waals surface area contributed by atoms with Gasteiger partial charge in [0.2, 0.25) is 0 Å². The lowest BCUT2D eigenvalue weighted by atomic mass is 10.1. The Balaban J connectivity index is 3.08. The first-order chi connectivity index (χ1) is 10.0. The highest BCUT2D eigenvalue weighted by Crippen LogP contribution is 2.13. The maximum atomic E-state index is 12.6. The van der Waals surface area contributed by atoms with Gasteiger partial charge < -0.3 is 14.7 Å². The lowest BCUT2D eigenvalue weighted by Crippen LogP contribution is -2.41. The van der Waals surface area contributed by atoms with Gasteiger partial charge in [-0.15, -0.1) is 0 Å². The molecule has 0 aliphatic heterocycles. The molecule has 1 N–H and O–H groups in total.